The lowest BCUT2D eigenvalue weighted by atomic mass is 10.1. The number of hydrogen-bond donors (Lipinski definition) is 2. The Balaban J connectivity index is 1.75. The van der Waals surface area contributed by atoms with Gasteiger partial charge in [-0.15, -0.1) is 0 Å². The van der Waals surface area contributed by atoms with Crippen LogP contribution >= 0.6 is 11.8 Å². The summed E-state index contributed by atoms with van der Waals surface area (Å²) in [6.45, 7) is 1.85. The molecule has 0 aliphatic heterocycles. The molecule has 0 unspecified atom stereocenters. The van der Waals surface area contributed by atoms with E-state index in [4.69, 9.17) is 0 Å². The van der Waals surface area contributed by atoms with E-state index in [1.807, 2.05) is 41.7 Å². The lowest BCUT2D eigenvalue weighted by molar-refractivity contribution is 0.102. The molecule has 0 spiro atoms. The molecule has 0 saturated carbocycles. The number of aromatic hydroxyl groups is 2. The first-order valence-electron chi connectivity index (χ1n) is 8.48. The van der Waals surface area contributed by atoms with E-state index in [-0.39, 0.29) is 23.0 Å². The monoisotopic (exact) mass is 389 g/mol. The van der Waals surface area contributed by atoms with E-state index in [9.17, 15) is 20.3 Å². The highest BCUT2D eigenvalue weighted by Gasteiger charge is 2.17. The summed E-state index contributed by atoms with van der Waals surface area (Å²) in [5.74, 6) is -0.636. The molecule has 4 rings (SSSR count). The van der Waals surface area contributed by atoms with Gasteiger partial charge in [-0.05, 0) is 48.9 Å². The molecule has 6 nitrogen and oxygen atoms in total. The molecule has 0 saturated heterocycles. The summed E-state index contributed by atoms with van der Waals surface area (Å²) in [6.07, 6.45) is 0. The number of benzene rings is 2. The maximum absolute atomic E-state index is 12.5. The second-order valence-electron chi connectivity index (χ2n) is 6.33. The van der Waals surface area contributed by atoms with Gasteiger partial charge in [-0.2, -0.15) is 5.26 Å². The van der Waals surface area contributed by atoms with Gasteiger partial charge >= 0.3 is 0 Å². The maximum Gasteiger partial charge on any atom is 0.173 e. The quantitative estimate of drug-likeness (QED) is 0.310. The van der Waals surface area contributed by atoms with Crippen molar-refractivity contribution in [2.24, 2.45) is 0 Å². The highest BCUT2D eigenvalue weighted by Crippen LogP contribution is 2.30. The van der Waals surface area contributed by atoms with Crippen LogP contribution in [0.4, 0.5) is 0 Å². The zero-order valence-electron chi connectivity index (χ0n) is 14.9. The van der Waals surface area contributed by atoms with E-state index in [0.717, 1.165) is 21.6 Å². The predicted molar refractivity (Wildman–Crippen MR) is 107 cm³/mol. The molecule has 0 radical (unpaired) electrons. The second kappa shape index (κ2) is 6.91. The van der Waals surface area contributed by atoms with Crippen molar-refractivity contribution >= 4 is 34.2 Å². The fraction of sp³-hybridized carbons (Fsp3) is 0.0952. The minimum absolute atomic E-state index is 0.136. The largest absolute Gasteiger partial charge is 0.504 e. The number of nitriles is 1. The highest BCUT2D eigenvalue weighted by atomic mass is 32.2. The van der Waals surface area contributed by atoms with E-state index in [2.05, 4.69) is 11.1 Å². The fourth-order valence-corrected chi connectivity index (χ4v) is 4.10. The van der Waals surface area contributed by atoms with Crippen molar-refractivity contribution in [1.29, 1.82) is 5.26 Å². The summed E-state index contributed by atoms with van der Waals surface area (Å²) in [7, 11) is 0. The topological polar surface area (TPSA) is 98.6 Å². The number of Topliss-reactive ketones (excluding diaryl/α,β-unsaturated/α-hetero) is 1. The second-order valence-corrected chi connectivity index (χ2v) is 7.32. The number of aryl methyl sites for hydroxylation is 1. The number of pyridine rings is 1. The molecule has 2 aromatic carbocycles. The van der Waals surface area contributed by atoms with Crippen LogP contribution in [-0.2, 0) is 0 Å². The Kier molecular flexibility index (Phi) is 4.41. The Morgan fingerprint density at radius 2 is 1.96 bits per heavy atom. The van der Waals surface area contributed by atoms with Crippen molar-refractivity contribution in [3.63, 3.8) is 0 Å². The normalized spacial score (nSPS) is 11.0. The lowest BCUT2D eigenvalue weighted by Crippen LogP contribution is -2.04. The van der Waals surface area contributed by atoms with Crippen molar-refractivity contribution in [2.45, 2.75) is 11.9 Å². The SMILES string of the molecule is Cc1cc(SCC(=O)c2ccc(O)c(O)c2)n2c(nc3ccccc32)c1C#N. The van der Waals surface area contributed by atoms with Crippen LogP contribution in [0.3, 0.4) is 0 Å². The number of rotatable bonds is 4. The van der Waals surface area contributed by atoms with E-state index < -0.39 is 0 Å². The first-order chi connectivity index (χ1) is 13.5. The Morgan fingerprint density at radius 1 is 1.18 bits per heavy atom. The predicted octanol–water partition coefficient (Wildman–Crippen LogP) is 4.05. The Morgan fingerprint density at radius 3 is 2.71 bits per heavy atom. The van der Waals surface area contributed by atoms with Crippen LogP contribution < -0.4 is 0 Å². The molecule has 2 N–H and O–H groups in total. The van der Waals surface area contributed by atoms with Gasteiger partial charge in [-0.25, -0.2) is 4.98 Å². The van der Waals surface area contributed by atoms with Gasteiger partial charge in [0.25, 0.3) is 0 Å². The van der Waals surface area contributed by atoms with Gasteiger partial charge in [0.1, 0.15) is 6.07 Å². The van der Waals surface area contributed by atoms with Crippen LogP contribution in [0.15, 0.2) is 53.6 Å². The number of phenolic OH excluding ortho intramolecular Hbond substituents is 2. The van der Waals surface area contributed by atoms with Gasteiger partial charge in [0.15, 0.2) is 22.9 Å². The number of aromatic nitrogens is 2. The number of para-hydroxylation sites is 2. The minimum Gasteiger partial charge on any atom is -0.504 e. The molecule has 2 heterocycles. The Hall–Kier alpha value is -3.50. The van der Waals surface area contributed by atoms with Gasteiger partial charge in [0.05, 0.1) is 27.4 Å². The Bertz CT molecular complexity index is 1290. The number of carbonyl (C=O) groups excluding carboxylic acids is 1. The molecule has 2 aromatic heterocycles. The van der Waals surface area contributed by atoms with E-state index in [1.54, 1.807) is 0 Å². The van der Waals surface area contributed by atoms with Gasteiger partial charge in [0, 0.05) is 5.56 Å². The van der Waals surface area contributed by atoms with E-state index >= 15 is 0 Å². The van der Waals surface area contributed by atoms with Crippen molar-refractivity contribution in [1.82, 2.24) is 9.38 Å². The van der Waals surface area contributed by atoms with Crippen molar-refractivity contribution < 1.29 is 15.0 Å². The van der Waals surface area contributed by atoms with Crippen LogP contribution in [0.2, 0.25) is 0 Å². The summed E-state index contributed by atoms with van der Waals surface area (Å²) in [4.78, 5) is 17.1. The average Bonchev–Trinajstić information content (AvgIpc) is 3.07. The van der Waals surface area contributed by atoms with E-state index in [1.165, 1.54) is 30.0 Å². The van der Waals surface area contributed by atoms with Crippen LogP contribution in [0.1, 0.15) is 21.5 Å². The zero-order valence-corrected chi connectivity index (χ0v) is 15.7. The Labute approximate surface area is 164 Å². The zero-order chi connectivity index (χ0) is 19.8. The number of ketones is 1. The third kappa shape index (κ3) is 2.94. The van der Waals surface area contributed by atoms with Crippen LogP contribution in [0.25, 0.3) is 16.7 Å². The van der Waals surface area contributed by atoms with Crippen LogP contribution in [0, 0.1) is 18.3 Å². The molecular weight excluding hydrogens is 374 g/mol. The molecule has 0 atom stereocenters. The van der Waals surface area contributed by atoms with Crippen LogP contribution in [-0.4, -0.2) is 31.1 Å². The molecule has 0 fully saturated rings. The number of fused-ring (bicyclic) bond motifs is 3. The first kappa shape index (κ1) is 17.9. The minimum atomic E-state index is -0.326. The van der Waals surface area contributed by atoms with Crippen LogP contribution in [0.5, 0.6) is 11.5 Å². The number of hydrogen-bond acceptors (Lipinski definition) is 6. The molecule has 0 aliphatic carbocycles. The summed E-state index contributed by atoms with van der Waals surface area (Å²) < 4.78 is 1.90. The standard InChI is InChI=1S/C21H15N3O3S/c1-12-8-20(28-11-19(27)13-6-7-17(25)18(26)9-13)24-16-5-3-2-4-15(16)23-21(24)14(12)10-22/h2-9,25-26H,11H2,1H3. The molecule has 138 valence electrons. The van der Waals surface area contributed by atoms with Gasteiger partial charge in [0.2, 0.25) is 0 Å². The molecule has 4 aromatic rings. The van der Waals surface area contributed by atoms with Crippen molar-refractivity contribution in [3.8, 4) is 17.6 Å². The van der Waals surface area contributed by atoms with Crippen molar-refractivity contribution in [3.05, 3.63) is 65.2 Å². The first-order valence-corrected chi connectivity index (χ1v) is 9.47. The number of thioether (sulfide) groups is 1. The summed E-state index contributed by atoms with van der Waals surface area (Å²) >= 11 is 1.34. The smallest absolute Gasteiger partial charge is 0.173 e. The van der Waals surface area contributed by atoms with Crippen molar-refractivity contribution in [2.75, 3.05) is 5.75 Å². The number of nitrogens with zero attached hydrogens (tertiary/aromatic N) is 3. The fourth-order valence-electron chi connectivity index (χ4n) is 3.08. The molecule has 0 amide bonds. The number of imidazole rings is 1. The maximum atomic E-state index is 12.5. The molecule has 7 heteroatoms. The third-order valence-corrected chi connectivity index (χ3v) is 5.50. The summed E-state index contributed by atoms with van der Waals surface area (Å²) in [5, 5.41) is 29.4. The number of carbonyl (C=O) groups is 1. The molecular formula is C21H15N3O3S. The van der Waals surface area contributed by atoms with Gasteiger partial charge in [-0.1, -0.05) is 23.9 Å². The highest BCUT2D eigenvalue weighted by molar-refractivity contribution is 8.00. The third-order valence-electron chi connectivity index (χ3n) is 4.50. The van der Waals surface area contributed by atoms with E-state index in [0.29, 0.717) is 16.8 Å². The molecule has 0 aliphatic rings. The summed E-state index contributed by atoms with van der Waals surface area (Å²) in [6, 6.07) is 15.7. The average molecular weight is 389 g/mol. The lowest BCUT2D eigenvalue weighted by Gasteiger charge is -2.10. The number of phenols is 2. The van der Waals surface area contributed by atoms with Gasteiger partial charge < -0.3 is 10.2 Å². The molecule has 0 bridgehead atoms. The molecule has 28 heavy (non-hydrogen) atoms. The summed E-state index contributed by atoms with van der Waals surface area (Å²) in [5.41, 5.74) is 3.84. The van der Waals surface area contributed by atoms with Gasteiger partial charge in [-0.3, -0.25) is 9.20 Å².